The first-order valence-corrected chi connectivity index (χ1v) is 7.97. The zero-order valence-corrected chi connectivity index (χ0v) is 12.9. The molecule has 108 valence electrons. The summed E-state index contributed by atoms with van der Waals surface area (Å²) in [4.78, 5) is 0. The van der Waals surface area contributed by atoms with Gasteiger partial charge in [0.05, 0.1) is 5.60 Å². The van der Waals surface area contributed by atoms with Crippen molar-refractivity contribution >= 4 is 0 Å². The van der Waals surface area contributed by atoms with Gasteiger partial charge in [-0.2, -0.15) is 0 Å². The Kier molecular flexibility index (Phi) is 7.25. The number of rotatable bonds is 8. The van der Waals surface area contributed by atoms with Crippen molar-refractivity contribution in [3.05, 3.63) is 0 Å². The molecule has 2 heteroatoms. The largest absolute Gasteiger partial charge is 0.374 e. The van der Waals surface area contributed by atoms with Crippen molar-refractivity contribution in [1.29, 1.82) is 0 Å². The molecule has 0 aromatic carbocycles. The van der Waals surface area contributed by atoms with Crippen LogP contribution in [-0.4, -0.2) is 24.8 Å². The van der Waals surface area contributed by atoms with Crippen LogP contribution >= 0.6 is 0 Å². The highest BCUT2D eigenvalue weighted by Gasteiger charge is 2.31. The van der Waals surface area contributed by atoms with Crippen LogP contribution in [0.3, 0.4) is 0 Å². The maximum atomic E-state index is 5.97. The zero-order chi connectivity index (χ0) is 13.4. The van der Waals surface area contributed by atoms with Crippen LogP contribution in [0.2, 0.25) is 0 Å². The molecule has 0 radical (unpaired) electrons. The minimum Gasteiger partial charge on any atom is -0.374 e. The first kappa shape index (κ1) is 16.0. The Hall–Kier alpha value is -0.0800. The molecule has 18 heavy (non-hydrogen) atoms. The molecular weight excluding hydrogens is 222 g/mol. The predicted octanol–water partition coefficient (Wildman–Crippen LogP) is 4.14. The monoisotopic (exact) mass is 255 g/mol. The smallest absolute Gasteiger partial charge is 0.0778 e. The van der Waals surface area contributed by atoms with Crippen LogP contribution in [0.25, 0.3) is 0 Å². The first-order chi connectivity index (χ1) is 8.60. The van der Waals surface area contributed by atoms with Crippen molar-refractivity contribution in [1.82, 2.24) is 5.32 Å². The van der Waals surface area contributed by atoms with E-state index in [1.165, 1.54) is 44.9 Å². The van der Waals surface area contributed by atoms with Crippen LogP contribution in [0, 0.1) is 5.92 Å². The Morgan fingerprint density at radius 3 is 2.39 bits per heavy atom. The van der Waals surface area contributed by atoms with Crippen LogP contribution in [0.15, 0.2) is 0 Å². The van der Waals surface area contributed by atoms with E-state index in [9.17, 15) is 0 Å². The molecule has 1 aliphatic rings. The van der Waals surface area contributed by atoms with Gasteiger partial charge in [-0.05, 0) is 46.1 Å². The van der Waals surface area contributed by atoms with Crippen LogP contribution in [0.5, 0.6) is 0 Å². The first-order valence-electron chi connectivity index (χ1n) is 7.97. The summed E-state index contributed by atoms with van der Waals surface area (Å²) in [6.45, 7) is 10.7. The second-order valence-corrected chi connectivity index (χ2v) is 6.28. The van der Waals surface area contributed by atoms with Gasteiger partial charge in [0.25, 0.3) is 0 Å². The van der Waals surface area contributed by atoms with Crippen molar-refractivity contribution < 1.29 is 4.74 Å². The third-order valence-electron chi connectivity index (χ3n) is 4.29. The summed E-state index contributed by atoms with van der Waals surface area (Å²) in [6, 6.07) is 0.500. The van der Waals surface area contributed by atoms with E-state index in [1.54, 1.807) is 0 Å². The van der Waals surface area contributed by atoms with Crippen molar-refractivity contribution in [2.45, 2.75) is 84.3 Å². The van der Waals surface area contributed by atoms with Gasteiger partial charge in [0.1, 0.15) is 0 Å². The molecule has 1 fully saturated rings. The van der Waals surface area contributed by atoms with E-state index in [0.717, 1.165) is 19.1 Å². The van der Waals surface area contributed by atoms with Gasteiger partial charge in [-0.1, -0.05) is 39.0 Å². The summed E-state index contributed by atoms with van der Waals surface area (Å²) in [6.07, 6.45) is 9.63. The second kappa shape index (κ2) is 8.16. The molecule has 2 nitrogen and oxygen atoms in total. The molecule has 1 unspecified atom stereocenters. The molecule has 0 aromatic rings. The Bertz CT molecular complexity index is 209. The highest BCUT2D eigenvalue weighted by atomic mass is 16.5. The van der Waals surface area contributed by atoms with Gasteiger partial charge in [0.2, 0.25) is 0 Å². The van der Waals surface area contributed by atoms with Crippen LogP contribution in [0.1, 0.15) is 72.6 Å². The van der Waals surface area contributed by atoms with Crippen LogP contribution in [0.4, 0.5) is 0 Å². The standard InChI is InChI=1S/C16H33NO/c1-5-12-17-15(16(3,4)18-6-2)13-14-10-8-7-9-11-14/h14-15,17H,5-13H2,1-4H3. The molecule has 0 amide bonds. The Balaban J connectivity index is 2.52. The average Bonchev–Trinajstić information content (AvgIpc) is 2.35. The molecule has 1 N–H and O–H groups in total. The Labute approximate surface area is 114 Å². The molecule has 0 saturated heterocycles. The van der Waals surface area contributed by atoms with E-state index in [0.29, 0.717) is 6.04 Å². The van der Waals surface area contributed by atoms with Gasteiger partial charge in [0, 0.05) is 12.6 Å². The quantitative estimate of drug-likeness (QED) is 0.704. The lowest BCUT2D eigenvalue weighted by atomic mass is 9.81. The fourth-order valence-corrected chi connectivity index (χ4v) is 3.16. The molecule has 0 heterocycles. The fraction of sp³-hybridized carbons (Fsp3) is 1.00. The zero-order valence-electron chi connectivity index (χ0n) is 12.9. The summed E-state index contributed by atoms with van der Waals surface area (Å²) >= 11 is 0. The van der Waals surface area contributed by atoms with Gasteiger partial charge in [-0.15, -0.1) is 0 Å². The van der Waals surface area contributed by atoms with Gasteiger partial charge in [-0.25, -0.2) is 0 Å². The third kappa shape index (κ3) is 5.27. The summed E-state index contributed by atoms with van der Waals surface area (Å²) in [7, 11) is 0. The maximum Gasteiger partial charge on any atom is 0.0778 e. The second-order valence-electron chi connectivity index (χ2n) is 6.28. The van der Waals surface area contributed by atoms with E-state index in [1.807, 2.05) is 0 Å². The van der Waals surface area contributed by atoms with Crippen LogP contribution in [-0.2, 0) is 4.74 Å². The minimum atomic E-state index is -0.0403. The third-order valence-corrected chi connectivity index (χ3v) is 4.29. The maximum absolute atomic E-state index is 5.97. The van der Waals surface area contributed by atoms with Gasteiger partial charge < -0.3 is 10.1 Å². The topological polar surface area (TPSA) is 21.3 Å². The SMILES string of the molecule is CCCNC(CC1CCCCC1)C(C)(C)OCC. The molecule has 1 rings (SSSR count). The predicted molar refractivity (Wildman–Crippen MR) is 79.0 cm³/mol. The average molecular weight is 255 g/mol. The van der Waals surface area contributed by atoms with Crippen LogP contribution < -0.4 is 5.32 Å². The molecule has 0 spiro atoms. The van der Waals surface area contributed by atoms with Crippen molar-refractivity contribution in [3.8, 4) is 0 Å². The Morgan fingerprint density at radius 1 is 1.17 bits per heavy atom. The summed E-state index contributed by atoms with van der Waals surface area (Å²) in [5.74, 6) is 0.910. The lowest BCUT2D eigenvalue weighted by Gasteiger charge is -2.38. The van der Waals surface area contributed by atoms with E-state index in [4.69, 9.17) is 4.74 Å². The molecule has 1 aliphatic carbocycles. The van der Waals surface area contributed by atoms with Crippen molar-refractivity contribution in [2.75, 3.05) is 13.2 Å². The lowest BCUT2D eigenvalue weighted by molar-refractivity contribution is -0.0446. The van der Waals surface area contributed by atoms with E-state index in [2.05, 4.69) is 33.0 Å². The van der Waals surface area contributed by atoms with E-state index >= 15 is 0 Å². The molecule has 0 aromatic heterocycles. The van der Waals surface area contributed by atoms with Crippen molar-refractivity contribution in [3.63, 3.8) is 0 Å². The summed E-state index contributed by atoms with van der Waals surface area (Å²) in [5.41, 5.74) is -0.0403. The number of nitrogens with one attached hydrogen (secondary N) is 1. The Morgan fingerprint density at radius 2 is 1.83 bits per heavy atom. The minimum absolute atomic E-state index is 0.0403. The van der Waals surface area contributed by atoms with E-state index < -0.39 is 0 Å². The molecule has 0 aliphatic heterocycles. The van der Waals surface area contributed by atoms with Crippen molar-refractivity contribution in [2.24, 2.45) is 5.92 Å². The number of hydrogen-bond donors (Lipinski definition) is 1. The summed E-state index contributed by atoms with van der Waals surface area (Å²) < 4.78 is 5.97. The van der Waals surface area contributed by atoms with E-state index in [-0.39, 0.29) is 5.60 Å². The van der Waals surface area contributed by atoms with Gasteiger partial charge in [-0.3, -0.25) is 0 Å². The van der Waals surface area contributed by atoms with Gasteiger partial charge >= 0.3 is 0 Å². The normalized spacial score (nSPS) is 20.0. The number of ether oxygens (including phenoxy) is 1. The summed E-state index contributed by atoms with van der Waals surface area (Å²) in [5, 5.41) is 3.72. The molecular formula is C16H33NO. The lowest BCUT2D eigenvalue weighted by Crippen LogP contribution is -2.50. The highest BCUT2D eigenvalue weighted by molar-refractivity contribution is 4.88. The molecule has 0 bridgehead atoms. The molecule has 1 saturated carbocycles. The highest BCUT2D eigenvalue weighted by Crippen LogP contribution is 2.30. The van der Waals surface area contributed by atoms with Gasteiger partial charge in [0.15, 0.2) is 0 Å². The fourth-order valence-electron chi connectivity index (χ4n) is 3.16. The number of hydrogen-bond acceptors (Lipinski definition) is 2. The molecule has 1 atom stereocenters.